The second-order valence-electron chi connectivity index (χ2n) is 10.7. The van der Waals surface area contributed by atoms with E-state index in [-0.39, 0.29) is 71.0 Å². The Morgan fingerprint density at radius 3 is 2.36 bits per heavy atom. The predicted octanol–water partition coefficient (Wildman–Crippen LogP) is 5.38. The zero-order valence-electron chi connectivity index (χ0n) is 24.4. The minimum absolute atomic E-state index is 0.151. The van der Waals surface area contributed by atoms with Crippen LogP contribution < -0.4 is 16.2 Å². The van der Waals surface area contributed by atoms with Gasteiger partial charge in [0, 0.05) is 37.8 Å². The minimum atomic E-state index is -2.12. The third-order valence-corrected chi connectivity index (χ3v) is 8.02. The Morgan fingerprint density at radius 1 is 1.11 bits per heavy atom. The summed E-state index contributed by atoms with van der Waals surface area (Å²) >= 11 is 6.58. The summed E-state index contributed by atoms with van der Waals surface area (Å²) in [7, 11) is 0. The molecule has 0 aliphatic carbocycles. The van der Waals surface area contributed by atoms with Crippen LogP contribution in [0.15, 0.2) is 35.8 Å². The largest absolute Gasteiger partial charge is 0.396 e. The fourth-order valence-electron chi connectivity index (χ4n) is 5.52. The number of halogens is 5. The van der Waals surface area contributed by atoms with Gasteiger partial charge in [0.05, 0.1) is 39.0 Å². The smallest absolute Gasteiger partial charge is 0.276 e. The lowest BCUT2D eigenvalue weighted by molar-refractivity contribution is -0.126. The molecule has 1 aliphatic heterocycles. The third kappa shape index (κ3) is 5.04. The van der Waals surface area contributed by atoms with Crippen LogP contribution in [-0.2, 0) is 4.79 Å². The number of fused-ring (bicyclic) bond motifs is 1. The molecule has 4 heterocycles. The van der Waals surface area contributed by atoms with E-state index >= 15 is 4.39 Å². The quantitative estimate of drug-likeness (QED) is 0.102. The van der Waals surface area contributed by atoms with Gasteiger partial charge in [-0.25, -0.2) is 22.5 Å². The molecule has 1 saturated heterocycles. The number of aromatic nitrogens is 3. The van der Waals surface area contributed by atoms with Crippen molar-refractivity contribution < 1.29 is 22.4 Å². The van der Waals surface area contributed by atoms with Crippen LogP contribution >= 0.6 is 11.6 Å². The predicted molar refractivity (Wildman–Crippen MR) is 162 cm³/mol. The lowest BCUT2D eigenvalue weighted by Crippen LogP contribution is -2.49. The molecule has 1 aromatic carbocycles. The summed E-state index contributed by atoms with van der Waals surface area (Å²) in [4.78, 5) is 38.7. The van der Waals surface area contributed by atoms with Crippen molar-refractivity contribution in [2.75, 3.05) is 36.8 Å². The van der Waals surface area contributed by atoms with Gasteiger partial charge >= 0.3 is 0 Å². The van der Waals surface area contributed by atoms with Crippen LogP contribution in [0.4, 0.5) is 28.9 Å². The van der Waals surface area contributed by atoms with Gasteiger partial charge < -0.3 is 15.5 Å². The summed E-state index contributed by atoms with van der Waals surface area (Å²) in [6.45, 7) is 9.83. The molecule has 0 bridgehead atoms. The average molecular weight is 640 g/mol. The van der Waals surface area contributed by atoms with Crippen LogP contribution in [-0.4, -0.2) is 51.5 Å². The molecular formula is C31H26ClF4N7O2. The van der Waals surface area contributed by atoms with E-state index in [1.165, 1.54) is 12.1 Å². The maximum Gasteiger partial charge on any atom is 0.276 e. The molecule has 1 fully saturated rings. The van der Waals surface area contributed by atoms with Crippen LogP contribution in [0, 0.1) is 41.5 Å². The Hall–Kier alpha value is -4.96. The number of hydrogen-bond acceptors (Lipinski definition) is 7. The monoisotopic (exact) mass is 639 g/mol. The van der Waals surface area contributed by atoms with Gasteiger partial charge in [0.2, 0.25) is 5.91 Å². The number of rotatable bonds is 5. The van der Waals surface area contributed by atoms with Crippen LogP contribution in [0.25, 0.3) is 28.0 Å². The Balaban J connectivity index is 1.93. The van der Waals surface area contributed by atoms with Gasteiger partial charge in [0.1, 0.15) is 17.3 Å². The molecule has 1 amide bonds. The van der Waals surface area contributed by atoms with Gasteiger partial charge in [0.15, 0.2) is 23.3 Å². The number of nitriles is 1. The molecule has 0 radical (unpaired) electrons. The average Bonchev–Trinajstić information content (AvgIpc) is 3.02. The first-order valence-corrected chi connectivity index (χ1v) is 14.1. The SMILES string of the molecule is C=CC(=O)N1CCN(c2c(C#N)c(=O)n(-c3c(C)ccnc3C(C)C)c3nc(-c4c(N)c(F)c(F)c(F)c4F)c(Cl)cc23)CC1. The molecule has 2 N–H and O–H groups in total. The van der Waals surface area contributed by atoms with Crippen molar-refractivity contribution in [3.05, 3.63) is 86.5 Å². The van der Waals surface area contributed by atoms with E-state index in [9.17, 15) is 28.0 Å². The standard InChI is InChI=1S/C31H26ClF4N7O2/c1-5-19(44)41-8-10-42(11-9-41)29-16-12-18(32)27(20-21(33)22(34)23(35)24(36)25(20)38)40-30(16)43(31(45)17(29)13-37)28-15(4)6-7-39-26(28)14(2)3/h5-7,12,14H,1,8-11,38H2,2-4H3. The number of anilines is 2. The van der Waals surface area contributed by atoms with Crippen LogP contribution in [0.3, 0.4) is 0 Å². The summed E-state index contributed by atoms with van der Waals surface area (Å²) < 4.78 is 59.3. The van der Waals surface area contributed by atoms with Crippen molar-refractivity contribution in [1.29, 1.82) is 5.26 Å². The maximum atomic E-state index is 15.2. The topological polar surface area (TPSA) is 121 Å². The highest BCUT2D eigenvalue weighted by atomic mass is 35.5. The second kappa shape index (κ2) is 11.9. The second-order valence-corrected chi connectivity index (χ2v) is 11.2. The zero-order chi connectivity index (χ0) is 32.9. The highest BCUT2D eigenvalue weighted by molar-refractivity contribution is 6.34. The summed E-state index contributed by atoms with van der Waals surface area (Å²) in [5, 5.41) is 10.2. The minimum Gasteiger partial charge on any atom is -0.396 e. The van der Waals surface area contributed by atoms with E-state index in [1.807, 2.05) is 19.9 Å². The molecule has 0 unspecified atom stereocenters. The molecule has 14 heteroatoms. The number of hydrogen-bond donors (Lipinski definition) is 1. The van der Waals surface area contributed by atoms with Crippen molar-refractivity contribution in [2.45, 2.75) is 26.7 Å². The fourth-order valence-corrected chi connectivity index (χ4v) is 5.77. The fraction of sp³-hybridized carbons (Fsp3) is 0.258. The van der Waals surface area contributed by atoms with E-state index in [2.05, 4.69) is 16.5 Å². The van der Waals surface area contributed by atoms with Gasteiger partial charge in [-0.15, -0.1) is 0 Å². The van der Waals surface area contributed by atoms with Crippen LogP contribution in [0.2, 0.25) is 5.02 Å². The van der Waals surface area contributed by atoms with Gasteiger partial charge in [-0.3, -0.25) is 19.1 Å². The van der Waals surface area contributed by atoms with Crippen molar-refractivity contribution in [1.82, 2.24) is 19.4 Å². The van der Waals surface area contributed by atoms with Gasteiger partial charge in [-0.2, -0.15) is 5.26 Å². The first kappa shape index (κ1) is 31.5. The van der Waals surface area contributed by atoms with E-state index in [0.717, 1.165) is 4.57 Å². The number of amides is 1. The van der Waals surface area contributed by atoms with Crippen molar-refractivity contribution in [3.8, 4) is 23.0 Å². The van der Waals surface area contributed by atoms with E-state index in [1.54, 1.807) is 29.0 Å². The molecule has 0 atom stereocenters. The lowest BCUT2D eigenvalue weighted by atomic mass is 10.0. The van der Waals surface area contributed by atoms with Crippen LogP contribution in [0.5, 0.6) is 0 Å². The highest BCUT2D eigenvalue weighted by Gasteiger charge is 2.32. The lowest BCUT2D eigenvalue weighted by Gasteiger charge is -2.36. The Morgan fingerprint density at radius 2 is 1.76 bits per heavy atom. The Kier molecular flexibility index (Phi) is 8.29. The van der Waals surface area contributed by atoms with E-state index in [4.69, 9.17) is 17.3 Å². The molecule has 3 aromatic heterocycles. The third-order valence-electron chi connectivity index (χ3n) is 7.74. The number of carbonyl (C=O) groups excluding carboxylic acids is 1. The van der Waals surface area contributed by atoms with Gasteiger partial charge in [0.25, 0.3) is 5.56 Å². The van der Waals surface area contributed by atoms with Gasteiger partial charge in [-0.05, 0) is 36.6 Å². The number of nitrogens with zero attached hydrogens (tertiary/aromatic N) is 6. The van der Waals surface area contributed by atoms with Crippen molar-refractivity contribution in [2.24, 2.45) is 0 Å². The molecule has 5 rings (SSSR count). The number of nitrogens with two attached hydrogens (primary N) is 1. The van der Waals surface area contributed by atoms with E-state index < -0.39 is 45.8 Å². The Labute approximate surface area is 259 Å². The summed E-state index contributed by atoms with van der Waals surface area (Å²) in [6.07, 6.45) is 2.74. The molecule has 0 saturated carbocycles. The summed E-state index contributed by atoms with van der Waals surface area (Å²) in [5.41, 5.74) is 3.41. The first-order chi connectivity index (χ1) is 21.3. The first-order valence-electron chi connectivity index (χ1n) is 13.8. The molecule has 4 aromatic rings. The summed E-state index contributed by atoms with van der Waals surface area (Å²) in [6, 6.07) is 4.93. The zero-order valence-corrected chi connectivity index (χ0v) is 25.1. The normalized spacial score (nSPS) is 13.4. The molecule has 1 aliphatic rings. The molecule has 45 heavy (non-hydrogen) atoms. The molecule has 232 valence electrons. The van der Waals surface area contributed by atoms with Crippen molar-refractivity contribution >= 4 is 39.9 Å². The Bertz CT molecular complexity index is 1990. The molecule has 0 spiro atoms. The number of carbonyl (C=O) groups is 1. The van der Waals surface area contributed by atoms with Crippen LogP contribution in [0.1, 0.15) is 36.6 Å². The number of nitrogen functional groups attached to an aromatic ring is 1. The summed E-state index contributed by atoms with van der Waals surface area (Å²) in [5.74, 6) is -8.39. The van der Waals surface area contributed by atoms with Crippen molar-refractivity contribution in [3.63, 3.8) is 0 Å². The number of aryl methyl sites for hydroxylation is 1. The number of pyridine rings is 3. The maximum absolute atomic E-state index is 15.2. The van der Waals surface area contributed by atoms with E-state index in [0.29, 0.717) is 11.3 Å². The van der Waals surface area contributed by atoms with Gasteiger partial charge in [-0.1, -0.05) is 32.0 Å². The number of piperazine rings is 1. The number of benzene rings is 1. The molecule has 9 nitrogen and oxygen atoms in total. The molecular weight excluding hydrogens is 614 g/mol. The highest BCUT2D eigenvalue weighted by Crippen LogP contribution is 2.41.